The van der Waals surface area contributed by atoms with E-state index in [1.165, 1.54) is 36.5 Å². The first-order valence-electron chi connectivity index (χ1n) is 9.24. The molecule has 0 atom stereocenters. The Labute approximate surface area is 170 Å². The number of halogens is 4. The van der Waals surface area contributed by atoms with Crippen molar-refractivity contribution in [3.63, 3.8) is 0 Å². The van der Waals surface area contributed by atoms with Crippen molar-refractivity contribution in [3.05, 3.63) is 83.8 Å². The second kappa shape index (κ2) is 7.44. The molecule has 0 saturated heterocycles. The van der Waals surface area contributed by atoms with Gasteiger partial charge in [0.2, 0.25) is 5.91 Å². The van der Waals surface area contributed by atoms with E-state index >= 15 is 0 Å². The van der Waals surface area contributed by atoms with Crippen molar-refractivity contribution in [3.8, 4) is 0 Å². The first-order chi connectivity index (χ1) is 14.3. The molecular formula is C22H17F4N3O. The minimum absolute atomic E-state index is 0.236. The molecule has 2 aromatic carbocycles. The molecule has 1 aliphatic rings. The number of nitrogens with zero attached hydrogens (tertiary/aromatic N) is 1. The van der Waals surface area contributed by atoms with Gasteiger partial charge in [-0.2, -0.15) is 13.2 Å². The summed E-state index contributed by atoms with van der Waals surface area (Å²) in [5.41, 5.74) is 0.0953. The third kappa shape index (κ3) is 4.12. The van der Waals surface area contributed by atoms with E-state index in [0.29, 0.717) is 30.0 Å². The smallest absolute Gasteiger partial charge is 0.340 e. The van der Waals surface area contributed by atoms with Gasteiger partial charge in [-0.1, -0.05) is 6.07 Å². The van der Waals surface area contributed by atoms with Crippen LogP contribution in [0, 0.1) is 5.82 Å². The maximum Gasteiger partial charge on any atom is 0.416 e. The van der Waals surface area contributed by atoms with E-state index in [1.807, 2.05) is 0 Å². The number of carbonyl (C=O) groups excluding carboxylic acids is 1. The summed E-state index contributed by atoms with van der Waals surface area (Å²) in [7, 11) is 0. The van der Waals surface area contributed by atoms with E-state index in [1.54, 1.807) is 18.2 Å². The molecule has 0 radical (unpaired) electrons. The van der Waals surface area contributed by atoms with Gasteiger partial charge < -0.3 is 10.6 Å². The molecule has 1 saturated carbocycles. The first kappa shape index (κ1) is 19.9. The fourth-order valence-electron chi connectivity index (χ4n) is 3.28. The zero-order chi connectivity index (χ0) is 21.4. The normalized spacial score (nSPS) is 14.8. The predicted octanol–water partition coefficient (Wildman–Crippen LogP) is 5.65. The van der Waals surface area contributed by atoms with Gasteiger partial charge in [-0.25, -0.2) is 9.37 Å². The molecule has 1 amide bonds. The van der Waals surface area contributed by atoms with E-state index in [9.17, 15) is 22.4 Å². The van der Waals surface area contributed by atoms with Crippen LogP contribution in [0.1, 0.15) is 24.0 Å². The Balaban J connectivity index is 1.51. The lowest BCUT2D eigenvalue weighted by Gasteiger charge is -2.17. The van der Waals surface area contributed by atoms with Crippen LogP contribution in [-0.4, -0.2) is 10.9 Å². The average Bonchev–Trinajstić information content (AvgIpc) is 3.50. The lowest BCUT2D eigenvalue weighted by Crippen LogP contribution is -2.28. The lowest BCUT2D eigenvalue weighted by atomic mass is 9.95. The third-order valence-corrected chi connectivity index (χ3v) is 5.06. The number of benzene rings is 2. The van der Waals surface area contributed by atoms with E-state index < -0.39 is 23.0 Å². The zero-order valence-electron chi connectivity index (χ0n) is 15.6. The summed E-state index contributed by atoms with van der Waals surface area (Å²) in [4.78, 5) is 17.0. The quantitative estimate of drug-likeness (QED) is 0.529. The summed E-state index contributed by atoms with van der Waals surface area (Å²) in [6.07, 6.45) is -1.59. The third-order valence-electron chi connectivity index (χ3n) is 5.06. The van der Waals surface area contributed by atoms with Crippen molar-refractivity contribution < 1.29 is 22.4 Å². The number of alkyl halides is 3. The Kier molecular flexibility index (Phi) is 4.93. The second-order valence-electron chi connectivity index (χ2n) is 7.18. The summed E-state index contributed by atoms with van der Waals surface area (Å²) in [5, 5.41) is 5.71. The monoisotopic (exact) mass is 415 g/mol. The number of nitrogens with one attached hydrogen (secondary N) is 2. The van der Waals surface area contributed by atoms with Crippen molar-refractivity contribution in [2.24, 2.45) is 0 Å². The number of hydrogen-bond acceptors (Lipinski definition) is 3. The molecule has 0 aliphatic heterocycles. The minimum Gasteiger partial charge on any atom is -0.340 e. The molecule has 4 rings (SSSR count). The van der Waals surface area contributed by atoms with Gasteiger partial charge in [0.05, 0.1) is 11.0 Å². The van der Waals surface area contributed by atoms with Crippen LogP contribution in [0.15, 0.2) is 66.9 Å². The van der Waals surface area contributed by atoms with Crippen LogP contribution in [0.2, 0.25) is 0 Å². The molecule has 0 unspecified atom stereocenters. The number of rotatable bonds is 5. The summed E-state index contributed by atoms with van der Waals surface area (Å²) in [6.45, 7) is 0. The molecular weight excluding hydrogens is 398 g/mol. The van der Waals surface area contributed by atoms with Gasteiger partial charge in [-0.05, 0) is 73.0 Å². The second-order valence-corrected chi connectivity index (χ2v) is 7.18. The Bertz CT molecular complexity index is 1080. The Hall–Kier alpha value is -3.42. The SMILES string of the molecule is O=C(Nc1cccc(F)c1)C1(c2ccnc(Nc3ccc(C(F)(F)F)cc3)c2)CC1. The average molecular weight is 415 g/mol. The summed E-state index contributed by atoms with van der Waals surface area (Å²) in [5.74, 6) is -0.263. The van der Waals surface area contributed by atoms with Crippen LogP contribution >= 0.6 is 0 Å². The van der Waals surface area contributed by atoms with Crippen molar-refractivity contribution in [1.29, 1.82) is 0 Å². The van der Waals surface area contributed by atoms with Gasteiger partial charge in [0.1, 0.15) is 11.6 Å². The maximum atomic E-state index is 13.4. The highest BCUT2D eigenvalue weighted by Gasteiger charge is 2.51. The van der Waals surface area contributed by atoms with Crippen LogP contribution in [0.5, 0.6) is 0 Å². The van der Waals surface area contributed by atoms with Crippen LogP contribution in [0.25, 0.3) is 0 Å². The van der Waals surface area contributed by atoms with Gasteiger partial charge in [0, 0.05) is 17.6 Å². The van der Waals surface area contributed by atoms with Gasteiger partial charge in [-0.15, -0.1) is 0 Å². The molecule has 8 heteroatoms. The Morgan fingerprint density at radius 2 is 1.70 bits per heavy atom. The fraction of sp³-hybridized carbons (Fsp3) is 0.182. The van der Waals surface area contributed by atoms with Gasteiger partial charge in [-0.3, -0.25) is 4.79 Å². The summed E-state index contributed by atoms with van der Waals surface area (Å²) >= 11 is 0. The van der Waals surface area contributed by atoms with Crippen molar-refractivity contribution >= 4 is 23.1 Å². The lowest BCUT2D eigenvalue weighted by molar-refractivity contribution is -0.137. The molecule has 1 heterocycles. The first-order valence-corrected chi connectivity index (χ1v) is 9.24. The summed E-state index contributed by atoms with van der Waals surface area (Å²) < 4.78 is 51.5. The molecule has 2 N–H and O–H groups in total. The molecule has 3 aromatic rings. The predicted molar refractivity (Wildman–Crippen MR) is 105 cm³/mol. The van der Waals surface area contributed by atoms with Crippen molar-refractivity contribution in [2.45, 2.75) is 24.4 Å². The highest BCUT2D eigenvalue weighted by atomic mass is 19.4. The molecule has 1 aromatic heterocycles. The number of aromatic nitrogens is 1. The Morgan fingerprint density at radius 1 is 0.967 bits per heavy atom. The number of hydrogen-bond donors (Lipinski definition) is 2. The minimum atomic E-state index is -4.40. The van der Waals surface area contributed by atoms with Gasteiger partial charge in [0.25, 0.3) is 0 Å². The molecule has 154 valence electrons. The molecule has 1 aliphatic carbocycles. The van der Waals surface area contributed by atoms with E-state index in [0.717, 1.165) is 17.7 Å². The topological polar surface area (TPSA) is 54.0 Å². The molecule has 4 nitrogen and oxygen atoms in total. The molecule has 0 bridgehead atoms. The molecule has 1 fully saturated rings. The molecule has 0 spiro atoms. The standard InChI is InChI=1S/C22H17F4N3O/c23-16-2-1-3-18(13-16)29-20(30)21(9-10-21)15-8-11-27-19(12-15)28-17-6-4-14(5-7-17)22(24,25)26/h1-8,11-13H,9-10H2,(H,27,28)(H,29,30). The van der Waals surface area contributed by atoms with Crippen molar-refractivity contribution in [2.75, 3.05) is 10.6 Å². The summed E-state index contributed by atoms with van der Waals surface area (Å²) in [6, 6.07) is 13.7. The zero-order valence-corrected chi connectivity index (χ0v) is 15.6. The number of anilines is 3. The van der Waals surface area contributed by atoms with Gasteiger partial charge in [0.15, 0.2) is 0 Å². The Morgan fingerprint density at radius 3 is 2.33 bits per heavy atom. The maximum absolute atomic E-state index is 13.4. The number of pyridine rings is 1. The van der Waals surface area contributed by atoms with Crippen LogP contribution in [0.4, 0.5) is 34.8 Å². The number of carbonyl (C=O) groups is 1. The largest absolute Gasteiger partial charge is 0.416 e. The van der Waals surface area contributed by atoms with E-state index in [4.69, 9.17) is 0 Å². The van der Waals surface area contributed by atoms with E-state index in [2.05, 4.69) is 15.6 Å². The number of amides is 1. The highest BCUT2D eigenvalue weighted by molar-refractivity contribution is 6.01. The molecule has 30 heavy (non-hydrogen) atoms. The van der Waals surface area contributed by atoms with Crippen LogP contribution in [-0.2, 0) is 16.4 Å². The highest BCUT2D eigenvalue weighted by Crippen LogP contribution is 2.49. The van der Waals surface area contributed by atoms with E-state index in [-0.39, 0.29) is 5.91 Å². The van der Waals surface area contributed by atoms with Crippen LogP contribution < -0.4 is 10.6 Å². The van der Waals surface area contributed by atoms with Crippen molar-refractivity contribution in [1.82, 2.24) is 4.98 Å². The fourth-order valence-corrected chi connectivity index (χ4v) is 3.28. The van der Waals surface area contributed by atoms with Crippen LogP contribution in [0.3, 0.4) is 0 Å². The van der Waals surface area contributed by atoms with Gasteiger partial charge >= 0.3 is 6.18 Å².